The Bertz CT molecular complexity index is 1310. The van der Waals surface area contributed by atoms with Crippen LogP contribution in [0.4, 0.5) is 29.1 Å². The molecule has 3 aromatic rings. The number of amides is 1. The van der Waals surface area contributed by atoms with Crippen molar-refractivity contribution in [2.45, 2.75) is 57.2 Å². The van der Waals surface area contributed by atoms with E-state index in [4.69, 9.17) is 0 Å². The Morgan fingerprint density at radius 3 is 2.53 bits per heavy atom. The van der Waals surface area contributed by atoms with Gasteiger partial charge < -0.3 is 10.2 Å². The summed E-state index contributed by atoms with van der Waals surface area (Å²) in [5.41, 5.74) is 0.394. The van der Waals surface area contributed by atoms with Gasteiger partial charge in [0.25, 0.3) is 0 Å². The summed E-state index contributed by atoms with van der Waals surface area (Å²) in [6.07, 6.45) is -1.30. The molecule has 1 aliphatic carbocycles. The SMILES string of the molecule is Cc1nc(NC(C)c2cccc(C(F)(F)F)c2F)c2cc3c(cc2n1)N(C)C(=O)C31CCCC1. The summed E-state index contributed by atoms with van der Waals surface area (Å²) < 4.78 is 54.4. The number of alkyl halides is 3. The van der Waals surface area contributed by atoms with Crippen molar-refractivity contribution in [3.05, 3.63) is 58.7 Å². The first-order valence-corrected chi connectivity index (χ1v) is 11.3. The summed E-state index contributed by atoms with van der Waals surface area (Å²) in [6.45, 7) is 3.30. The van der Waals surface area contributed by atoms with Gasteiger partial charge in [0.1, 0.15) is 17.5 Å². The highest BCUT2D eigenvalue weighted by atomic mass is 19.4. The number of benzene rings is 2. The molecular weight excluding hydrogens is 448 g/mol. The van der Waals surface area contributed by atoms with Crippen molar-refractivity contribution < 1.29 is 22.4 Å². The number of nitrogens with one attached hydrogen (secondary N) is 1. The van der Waals surface area contributed by atoms with Crippen LogP contribution in [0.25, 0.3) is 10.9 Å². The van der Waals surface area contributed by atoms with Crippen molar-refractivity contribution in [1.82, 2.24) is 9.97 Å². The van der Waals surface area contributed by atoms with Gasteiger partial charge in [-0.2, -0.15) is 13.2 Å². The molecule has 0 bridgehead atoms. The predicted octanol–water partition coefficient (Wildman–Crippen LogP) is 6.06. The minimum atomic E-state index is -4.78. The summed E-state index contributed by atoms with van der Waals surface area (Å²) in [5.74, 6) is -0.379. The molecular formula is C25H24F4N4O. The fourth-order valence-electron chi connectivity index (χ4n) is 5.44. The van der Waals surface area contributed by atoms with Gasteiger partial charge in [-0.3, -0.25) is 4.79 Å². The Morgan fingerprint density at radius 2 is 1.85 bits per heavy atom. The number of hydrogen-bond acceptors (Lipinski definition) is 4. The molecule has 1 fully saturated rings. The van der Waals surface area contributed by atoms with Crippen molar-refractivity contribution >= 4 is 28.3 Å². The Morgan fingerprint density at radius 1 is 1.15 bits per heavy atom. The van der Waals surface area contributed by atoms with Crippen LogP contribution in [0.5, 0.6) is 0 Å². The van der Waals surface area contributed by atoms with Crippen LogP contribution >= 0.6 is 0 Å². The second-order valence-electron chi connectivity index (χ2n) is 9.23. The lowest BCUT2D eigenvalue weighted by Crippen LogP contribution is -2.36. The van der Waals surface area contributed by atoms with Crippen LogP contribution in [-0.2, 0) is 16.4 Å². The molecule has 5 nitrogen and oxygen atoms in total. The molecule has 1 amide bonds. The van der Waals surface area contributed by atoms with Crippen LogP contribution in [0.2, 0.25) is 0 Å². The minimum absolute atomic E-state index is 0.0777. The van der Waals surface area contributed by atoms with Gasteiger partial charge in [0.15, 0.2) is 0 Å². The molecule has 1 unspecified atom stereocenters. The van der Waals surface area contributed by atoms with Crippen molar-refractivity contribution in [1.29, 1.82) is 0 Å². The molecule has 2 aliphatic rings. The maximum absolute atomic E-state index is 14.7. The molecule has 0 radical (unpaired) electrons. The van der Waals surface area contributed by atoms with Gasteiger partial charge in [-0.05, 0) is 50.5 Å². The number of aryl methyl sites for hydroxylation is 1. The number of carbonyl (C=O) groups is 1. The topological polar surface area (TPSA) is 58.1 Å². The minimum Gasteiger partial charge on any atom is -0.363 e. The lowest BCUT2D eigenvalue weighted by Gasteiger charge is -2.22. The first-order chi connectivity index (χ1) is 16.0. The van der Waals surface area contributed by atoms with Gasteiger partial charge in [-0.15, -0.1) is 0 Å². The summed E-state index contributed by atoms with van der Waals surface area (Å²) in [7, 11) is 1.77. The third-order valence-corrected chi connectivity index (χ3v) is 7.13. The summed E-state index contributed by atoms with van der Waals surface area (Å²) >= 11 is 0. The monoisotopic (exact) mass is 472 g/mol. The normalized spacial score (nSPS) is 18.1. The zero-order valence-corrected chi connectivity index (χ0v) is 19.1. The Labute approximate surface area is 194 Å². The molecule has 178 valence electrons. The van der Waals surface area contributed by atoms with E-state index < -0.39 is 29.0 Å². The number of hydrogen-bond donors (Lipinski definition) is 1. The number of rotatable bonds is 3. The number of carbonyl (C=O) groups excluding carboxylic acids is 1. The number of aromatic nitrogens is 2. The Balaban J connectivity index is 1.61. The van der Waals surface area contributed by atoms with E-state index in [1.54, 1.807) is 25.8 Å². The highest BCUT2D eigenvalue weighted by Gasteiger charge is 2.51. The first-order valence-electron chi connectivity index (χ1n) is 11.3. The van der Waals surface area contributed by atoms with Crippen LogP contribution in [0.15, 0.2) is 30.3 Å². The van der Waals surface area contributed by atoms with E-state index in [-0.39, 0.29) is 11.5 Å². The number of anilines is 2. The zero-order chi connectivity index (χ0) is 24.4. The number of halogens is 4. The standard InChI is InChI=1S/C25H24F4N4O/c1-13(15-7-6-8-17(21(15)26)25(27,28)29)30-22-16-11-18-20(12-19(16)31-14(2)32-22)33(3)23(34)24(18)9-4-5-10-24/h6-8,11-13H,4-5,9-10H2,1-3H3,(H,30,31,32). The first kappa shape index (κ1) is 22.6. The zero-order valence-electron chi connectivity index (χ0n) is 19.1. The summed E-state index contributed by atoms with van der Waals surface area (Å²) in [6, 6.07) is 6.25. The van der Waals surface area contributed by atoms with Crippen LogP contribution in [-0.4, -0.2) is 22.9 Å². The maximum atomic E-state index is 14.7. The molecule has 0 saturated heterocycles. The van der Waals surface area contributed by atoms with Gasteiger partial charge in [0, 0.05) is 23.7 Å². The second kappa shape index (κ2) is 7.65. The van der Waals surface area contributed by atoms with Gasteiger partial charge in [0.2, 0.25) is 5.91 Å². The average molecular weight is 472 g/mol. The van der Waals surface area contributed by atoms with Crippen molar-refractivity contribution in [2.24, 2.45) is 0 Å². The summed E-state index contributed by atoms with van der Waals surface area (Å²) in [5, 5.41) is 3.75. The number of nitrogens with zero attached hydrogens (tertiary/aromatic N) is 3. The lowest BCUT2D eigenvalue weighted by atomic mass is 9.79. The van der Waals surface area contributed by atoms with Crippen LogP contribution in [0.3, 0.4) is 0 Å². The van der Waals surface area contributed by atoms with E-state index >= 15 is 0 Å². The molecule has 5 rings (SSSR count). The highest BCUT2D eigenvalue weighted by molar-refractivity contribution is 6.10. The molecule has 1 saturated carbocycles. The Hall–Kier alpha value is -3.23. The van der Waals surface area contributed by atoms with Gasteiger partial charge in [-0.25, -0.2) is 14.4 Å². The molecule has 2 heterocycles. The number of fused-ring (bicyclic) bond motifs is 3. The molecule has 1 aromatic heterocycles. The van der Waals surface area contributed by atoms with Crippen LogP contribution in [0.1, 0.15) is 61.2 Å². The molecule has 1 spiro atoms. The molecule has 1 atom stereocenters. The van der Waals surface area contributed by atoms with E-state index in [0.29, 0.717) is 22.5 Å². The van der Waals surface area contributed by atoms with Gasteiger partial charge in [-0.1, -0.05) is 25.0 Å². The van der Waals surface area contributed by atoms with E-state index in [1.165, 1.54) is 12.1 Å². The highest BCUT2D eigenvalue weighted by Crippen LogP contribution is 2.52. The van der Waals surface area contributed by atoms with Crippen molar-refractivity contribution in [2.75, 3.05) is 17.3 Å². The van der Waals surface area contributed by atoms with Gasteiger partial charge in [0.05, 0.1) is 22.5 Å². The fourth-order valence-corrected chi connectivity index (χ4v) is 5.44. The van der Waals surface area contributed by atoms with E-state index in [1.807, 2.05) is 12.1 Å². The van der Waals surface area contributed by atoms with Crippen molar-refractivity contribution in [3.8, 4) is 0 Å². The number of likely N-dealkylation sites (N-methyl/N-ethyl adjacent to an activating group) is 1. The third-order valence-electron chi connectivity index (χ3n) is 7.13. The third kappa shape index (κ3) is 3.32. The largest absolute Gasteiger partial charge is 0.419 e. The molecule has 34 heavy (non-hydrogen) atoms. The fraction of sp³-hybridized carbons (Fsp3) is 0.400. The van der Waals surface area contributed by atoms with Crippen LogP contribution < -0.4 is 10.2 Å². The molecule has 9 heteroatoms. The van der Waals surface area contributed by atoms with E-state index in [0.717, 1.165) is 43.0 Å². The Kier molecular flexibility index (Phi) is 5.07. The predicted molar refractivity (Wildman–Crippen MR) is 121 cm³/mol. The maximum Gasteiger partial charge on any atom is 0.419 e. The molecule has 1 aliphatic heterocycles. The summed E-state index contributed by atoms with van der Waals surface area (Å²) in [4.78, 5) is 23.9. The van der Waals surface area contributed by atoms with Gasteiger partial charge >= 0.3 is 6.18 Å². The van der Waals surface area contributed by atoms with E-state index in [2.05, 4.69) is 15.3 Å². The quantitative estimate of drug-likeness (QED) is 0.471. The van der Waals surface area contributed by atoms with E-state index in [9.17, 15) is 22.4 Å². The molecule has 2 aromatic carbocycles. The average Bonchev–Trinajstić information content (AvgIpc) is 3.33. The smallest absolute Gasteiger partial charge is 0.363 e. The van der Waals surface area contributed by atoms with Crippen molar-refractivity contribution in [3.63, 3.8) is 0 Å². The lowest BCUT2D eigenvalue weighted by molar-refractivity contribution is -0.140. The second-order valence-corrected chi connectivity index (χ2v) is 9.23. The molecule has 1 N–H and O–H groups in total. The van der Waals surface area contributed by atoms with Crippen LogP contribution in [0, 0.1) is 12.7 Å².